The molecule has 0 spiro atoms. The summed E-state index contributed by atoms with van der Waals surface area (Å²) in [5.41, 5.74) is 2.10. The smallest absolute Gasteiger partial charge is 0.250 e. The number of hydrogen-bond acceptors (Lipinski definition) is 3. The predicted molar refractivity (Wildman–Crippen MR) is 98.0 cm³/mol. The van der Waals surface area contributed by atoms with E-state index in [1.54, 1.807) is 17.4 Å². The highest BCUT2D eigenvalue weighted by atomic mass is 35.5. The topological polar surface area (TPSA) is 32.3 Å². The molecule has 0 radical (unpaired) electrons. The van der Waals surface area contributed by atoms with Gasteiger partial charge in [0.2, 0.25) is 0 Å². The van der Waals surface area contributed by atoms with E-state index in [0.717, 1.165) is 34.2 Å². The Morgan fingerprint density at radius 1 is 1.26 bits per heavy atom. The van der Waals surface area contributed by atoms with E-state index in [-0.39, 0.29) is 5.91 Å². The van der Waals surface area contributed by atoms with Crippen LogP contribution >= 0.6 is 22.9 Å². The summed E-state index contributed by atoms with van der Waals surface area (Å²) in [6, 6.07) is 11.7. The third-order valence-electron chi connectivity index (χ3n) is 3.91. The second-order valence-electron chi connectivity index (χ2n) is 5.64. The minimum absolute atomic E-state index is 0.0751. The number of likely N-dealkylation sites (tertiary alicyclic amines) is 1. The van der Waals surface area contributed by atoms with Crippen LogP contribution in [0.25, 0.3) is 10.4 Å². The van der Waals surface area contributed by atoms with Crippen molar-refractivity contribution in [3.05, 3.63) is 53.2 Å². The van der Waals surface area contributed by atoms with Gasteiger partial charge in [-0.15, -0.1) is 11.3 Å². The van der Waals surface area contributed by atoms with E-state index in [2.05, 4.69) is 10.2 Å². The maximum Gasteiger partial charge on any atom is 0.250 e. The summed E-state index contributed by atoms with van der Waals surface area (Å²) in [5, 5.41) is 4.50. The maximum absolute atomic E-state index is 12.2. The van der Waals surface area contributed by atoms with Crippen LogP contribution in [0, 0.1) is 0 Å². The van der Waals surface area contributed by atoms with Gasteiger partial charge in [0, 0.05) is 34.8 Å². The molecule has 120 valence electrons. The van der Waals surface area contributed by atoms with Crippen molar-refractivity contribution in [1.29, 1.82) is 0 Å². The average Bonchev–Trinajstić information content (AvgIpc) is 3.18. The summed E-state index contributed by atoms with van der Waals surface area (Å²) < 4.78 is 0. The lowest BCUT2D eigenvalue weighted by molar-refractivity contribution is -0.112. The first-order chi connectivity index (χ1) is 11.1. The molecule has 0 saturated carbocycles. The molecule has 23 heavy (non-hydrogen) atoms. The molecule has 0 unspecified atom stereocenters. The number of carbonyl (C=O) groups is 1. The molecular formula is C18H19ClN2OS. The van der Waals surface area contributed by atoms with Crippen LogP contribution in [-0.4, -0.2) is 23.9 Å². The highest BCUT2D eigenvalue weighted by Gasteiger charge is 2.13. The Hall–Kier alpha value is -1.78. The van der Waals surface area contributed by atoms with Crippen LogP contribution in [0.4, 0.5) is 5.00 Å². The third-order valence-corrected chi connectivity index (χ3v) is 5.19. The number of anilines is 1. The number of hydrogen-bond donors (Lipinski definition) is 1. The van der Waals surface area contributed by atoms with Crippen molar-refractivity contribution >= 4 is 33.8 Å². The van der Waals surface area contributed by atoms with Crippen LogP contribution in [0.15, 0.2) is 48.2 Å². The number of thiophene rings is 1. The lowest BCUT2D eigenvalue weighted by Crippen LogP contribution is -2.19. The summed E-state index contributed by atoms with van der Waals surface area (Å²) in [6.45, 7) is 4.10. The van der Waals surface area contributed by atoms with Crippen LogP contribution in [0.5, 0.6) is 0 Å². The molecule has 3 rings (SSSR count). The minimum Gasteiger partial charge on any atom is -0.375 e. The number of nitrogens with zero attached hydrogens (tertiary/aromatic N) is 1. The van der Waals surface area contributed by atoms with E-state index in [1.165, 1.54) is 12.8 Å². The number of benzene rings is 1. The Kier molecular flexibility index (Phi) is 5.03. The quantitative estimate of drug-likeness (QED) is 0.789. The zero-order valence-electron chi connectivity index (χ0n) is 13.0. The molecule has 2 aromatic rings. The highest BCUT2D eigenvalue weighted by Crippen LogP contribution is 2.32. The molecule has 5 heteroatoms. The Balaban J connectivity index is 1.66. The Morgan fingerprint density at radius 2 is 2.04 bits per heavy atom. The van der Waals surface area contributed by atoms with Crippen molar-refractivity contribution in [1.82, 2.24) is 4.90 Å². The second kappa shape index (κ2) is 7.20. The third kappa shape index (κ3) is 4.15. The van der Waals surface area contributed by atoms with Gasteiger partial charge in [-0.05, 0) is 49.6 Å². The molecule has 1 aromatic carbocycles. The van der Waals surface area contributed by atoms with Gasteiger partial charge >= 0.3 is 0 Å². The molecule has 0 bridgehead atoms. The molecule has 1 aliphatic rings. The van der Waals surface area contributed by atoms with E-state index >= 15 is 0 Å². The van der Waals surface area contributed by atoms with Gasteiger partial charge in [0.25, 0.3) is 5.91 Å². The minimum atomic E-state index is -0.0751. The Labute approximate surface area is 145 Å². The van der Waals surface area contributed by atoms with Crippen LogP contribution in [0.1, 0.15) is 19.8 Å². The monoisotopic (exact) mass is 346 g/mol. The first-order valence-electron chi connectivity index (χ1n) is 7.72. The molecule has 1 amide bonds. The predicted octanol–water partition coefficient (Wildman–Crippen LogP) is 5.01. The fraction of sp³-hybridized carbons (Fsp3) is 0.278. The van der Waals surface area contributed by atoms with E-state index in [0.29, 0.717) is 5.02 Å². The number of amides is 1. The fourth-order valence-corrected chi connectivity index (χ4v) is 3.81. The Morgan fingerprint density at radius 3 is 2.78 bits per heavy atom. The highest BCUT2D eigenvalue weighted by molar-refractivity contribution is 7.19. The number of allylic oxidation sites excluding steroid dienone is 1. The summed E-state index contributed by atoms with van der Waals surface area (Å²) in [5.74, 6) is -0.0751. The SMILES string of the molecule is CC(=CC(=O)Nc1ccc(-c2cccc(Cl)c2)s1)N1CCCC1. The molecule has 1 aliphatic heterocycles. The summed E-state index contributed by atoms with van der Waals surface area (Å²) >= 11 is 7.58. The maximum atomic E-state index is 12.2. The van der Waals surface area contributed by atoms with Crippen molar-refractivity contribution in [2.24, 2.45) is 0 Å². The van der Waals surface area contributed by atoms with E-state index in [4.69, 9.17) is 11.6 Å². The molecule has 3 nitrogen and oxygen atoms in total. The largest absolute Gasteiger partial charge is 0.375 e. The van der Waals surface area contributed by atoms with E-state index in [9.17, 15) is 4.79 Å². The van der Waals surface area contributed by atoms with Crippen LogP contribution in [0.2, 0.25) is 5.02 Å². The molecule has 1 N–H and O–H groups in total. The summed E-state index contributed by atoms with van der Waals surface area (Å²) in [4.78, 5) is 15.5. The molecule has 1 aromatic heterocycles. The van der Waals surface area contributed by atoms with Crippen molar-refractivity contribution in [3.8, 4) is 10.4 Å². The van der Waals surface area contributed by atoms with Crippen molar-refractivity contribution in [2.45, 2.75) is 19.8 Å². The molecular weight excluding hydrogens is 328 g/mol. The van der Waals surface area contributed by atoms with Gasteiger partial charge < -0.3 is 10.2 Å². The summed E-state index contributed by atoms with van der Waals surface area (Å²) in [6.07, 6.45) is 4.10. The number of nitrogens with one attached hydrogen (secondary N) is 1. The van der Waals surface area contributed by atoms with Gasteiger partial charge in [-0.1, -0.05) is 23.7 Å². The fourth-order valence-electron chi connectivity index (χ4n) is 2.71. The average molecular weight is 347 g/mol. The number of halogens is 1. The molecule has 0 aliphatic carbocycles. The van der Waals surface area contributed by atoms with Crippen LogP contribution in [-0.2, 0) is 4.79 Å². The van der Waals surface area contributed by atoms with E-state index in [1.807, 2.05) is 43.3 Å². The first kappa shape index (κ1) is 16.1. The first-order valence-corrected chi connectivity index (χ1v) is 8.91. The van der Waals surface area contributed by atoms with Gasteiger partial charge in [0.1, 0.15) is 0 Å². The zero-order valence-corrected chi connectivity index (χ0v) is 14.6. The lowest BCUT2D eigenvalue weighted by atomic mass is 10.2. The number of carbonyl (C=O) groups excluding carboxylic acids is 1. The number of rotatable bonds is 4. The standard InChI is InChI=1S/C18H19ClN2OS/c1-13(21-9-2-3-10-21)11-17(22)20-18-8-7-16(23-18)14-5-4-6-15(19)12-14/h4-8,11-12H,2-3,9-10H2,1H3,(H,20,22). The summed E-state index contributed by atoms with van der Waals surface area (Å²) in [7, 11) is 0. The lowest BCUT2D eigenvalue weighted by Gasteiger charge is -2.17. The second-order valence-corrected chi connectivity index (χ2v) is 7.16. The normalized spacial score (nSPS) is 15.0. The van der Waals surface area contributed by atoms with Crippen LogP contribution in [0.3, 0.4) is 0 Å². The molecule has 1 fully saturated rings. The van der Waals surface area contributed by atoms with Gasteiger partial charge in [-0.25, -0.2) is 0 Å². The van der Waals surface area contributed by atoms with Gasteiger partial charge in [0.15, 0.2) is 0 Å². The zero-order chi connectivity index (χ0) is 16.2. The molecule has 1 saturated heterocycles. The van der Waals surface area contributed by atoms with Crippen molar-refractivity contribution in [2.75, 3.05) is 18.4 Å². The molecule has 2 heterocycles. The van der Waals surface area contributed by atoms with Crippen molar-refractivity contribution < 1.29 is 4.79 Å². The van der Waals surface area contributed by atoms with Gasteiger partial charge in [-0.3, -0.25) is 4.79 Å². The Bertz CT molecular complexity index is 732. The molecule has 0 atom stereocenters. The van der Waals surface area contributed by atoms with Crippen LogP contribution < -0.4 is 5.32 Å². The van der Waals surface area contributed by atoms with Crippen molar-refractivity contribution in [3.63, 3.8) is 0 Å². The van der Waals surface area contributed by atoms with Gasteiger partial charge in [0.05, 0.1) is 5.00 Å². The van der Waals surface area contributed by atoms with Gasteiger partial charge in [-0.2, -0.15) is 0 Å². The van der Waals surface area contributed by atoms with E-state index < -0.39 is 0 Å².